The molecule has 2 aromatic rings. The van der Waals surface area contributed by atoms with Gasteiger partial charge in [0, 0.05) is 24.4 Å². The molecule has 0 aliphatic rings. The molecular weight excluding hydrogens is 289 g/mol. The van der Waals surface area contributed by atoms with E-state index in [2.05, 4.69) is 22.6 Å². The number of rotatable bonds is 3. The van der Waals surface area contributed by atoms with Gasteiger partial charge in [0.05, 0.1) is 0 Å². The van der Waals surface area contributed by atoms with Crippen LogP contribution in [0.5, 0.6) is 0 Å². The second kappa shape index (κ2) is 5.63. The van der Waals surface area contributed by atoms with Gasteiger partial charge in [-0.1, -0.05) is 17.7 Å². The summed E-state index contributed by atoms with van der Waals surface area (Å²) >= 11 is 5.77. The van der Waals surface area contributed by atoms with Crippen LogP contribution in [0.4, 0.5) is 13.2 Å². The number of pyridine rings is 2. The summed E-state index contributed by atoms with van der Waals surface area (Å²) in [5, 5.41) is 0.204. The highest BCUT2D eigenvalue weighted by molar-refractivity contribution is 6.29. The highest BCUT2D eigenvalue weighted by Gasteiger charge is 2.36. The van der Waals surface area contributed by atoms with Crippen LogP contribution in [0.15, 0.2) is 43.2 Å². The zero-order valence-electron chi connectivity index (χ0n) is 10.2. The zero-order valence-corrected chi connectivity index (χ0v) is 10.9. The van der Waals surface area contributed by atoms with E-state index in [1.54, 1.807) is 6.07 Å². The monoisotopic (exact) mass is 297 g/mol. The van der Waals surface area contributed by atoms with Crippen molar-refractivity contribution in [1.82, 2.24) is 9.97 Å². The molecule has 0 amide bonds. The molecule has 2 heterocycles. The predicted octanol–water partition coefficient (Wildman–Crippen LogP) is 4.27. The van der Waals surface area contributed by atoms with Crippen molar-refractivity contribution in [3.05, 3.63) is 71.3 Å². The standard InChI is InChI=1S/C14H9ClF3N2/c1-2-10(9-5-7-19-12(15)8-9)11-4-3-6-20-13(11)14(16,17)18/h2,4-8,10H,1H2. The first-order valence-electron chi connectivity index (χ1n) is 5.60. The minimum atomic E-state index is -4.54. The Bertz CT molecular complexity index is 626. The fourth-order valence-corrected chi connectivity index (χ4v) is 2.08. The molecule has 0 N–H and O–H groups in total. The molecule has 0 aliphatic heterocycles. The Morgan fingerprint density at radius 2 is 2.10 bits per heavy atom. The van der Waals surface area contributed by atoms with Crippen molar-refractivity contribution in [2.24, 2.45) is 0 Å². The molecular formula is C14H9ClF3N2. The van der Waals surface area contributed by atoms with Crippen LogP contribution in [0.2, 0.25) is 5.15 Å². The Labute approximate surface area is 118 Å². The first kappa shape index (κ1) is 14.5. The summed E-state index contributed by atoms with van der Waals surface area (Å²) in [7, 11) is 0. The van der Waals surface area contributed by atoms with E-state index in [-0.39, 0.29) is 10.7 Å². The maximum atomic E-state index is 13.0. The highest BCUT2D eigenvalue weighted by Crippen LogP contribution is 2.36. The molecule has 20 heavy (non-hydrogen) atoms. The lowest BCUT2D eigenvalue weighted by molar-refractivity contribution is -0.141. The van der Waals surface area contributed by atoms with E-state index in [1.165, 1.54) is 24.4 Å². The zero-order chi connectivity index (χ0) is 14.8. The van der Waals surface area contributed by atoms with Crippen LogP contribution in [0.3, 0.4) is 0 Å². The van der Waals surface area contributed by atoms with Crippen LogP contribution in [0.1, 0.15) is 22.7 Å². The van der Waals surface area contributed by atoms with Crippen LogP contribution >= 0.6 is 11.6 Å². The number of aromatic nitrogens is 2. The van der Waals surface area contributed by atoms with E-state index in [0.29, 0.717) is 5.56 Å². The summed E-state index contributed by atoms with van der Waals surface area (Å²) in [6, 6.07) is 6.92. The lowest BCUT2D eigenvalue weighted by Crippen LogP contribution is -2.14. The molecule has 103 valence electrons. The van der Waals surface area contributed by atoms with Gasteiger partial charge in [-0.3, -0.25) is 4.98 Å². The largest absolute Gasteiger partial charge is 0.433 e. The number of alkyl halides is 3. The van der Waals surface area contributed by atoms with Gasteiger partial charge >= 0.3 is 6.18 Å². The first-order valence-corrected chi connectivity index (χ1v) is 5.98. The topological polar surface area (TPSA) is 25.8 Å². The Balaban J connectivity index is 2.56. The lowest BCUT2D eigenvalue weighted by atomic mass is 9.91. The van der Waals surface area contributed by atoms with Gasteiger partial charge in [0.2, 0.25) is 0 Å². The summed E-state index contributed by atoms with van der Waals surface area (Å²) in [6.07, 6.45) is -0.707. The van der Waals surface area contributed by atoms with E-state index in [4.69, 9.17) is 11.6 Å². The van der Waals surface area contributed by atoms with Gasteiger partial charge in [-0.15, -0.1) is 6.58 Å². The van der Waals surface area contributed by atoms with Crippen LogP contribution in [0.25, 0.3) is 0 Å². The molecule has 0 fully saturated rings. The Morgan fingerprint density at radius 1 is 1.35 bits per heavy atom. The third-order valence-corrected chi connectivity index (χ3v) is 2.94. The lowest BCUT2D eigenvalue weighted by Gasteiger charge is -2.18. The first-order chi connectivity index (χ1) is 9.43. The van der Waals surface area contributed by atoms with Crippen molar-refractivity contribution in [1.29, 1.82) is 0 Å². The van der Waals surface area contributed by atoms with Gasteiger partial charge < -0.3 is 0 Å². The summed E-state index contributed by atoms with van der Waals surface area (Å²) in [4.78, 5) is 7.20. The van der Waals surface area contributed by atoms with Gasteiger partial charge in [0.25, 0.3) is 0 Å². The van der Waals surface area contributed by atoms with Crippen LogP contribution in [0, 0.1) is 6.07 Å². The molecule has 2 rings (SSSR count). The Morgan fingerprint density at radius 3 is 2.70 bits per heavy atom. The molecule has 6 heteroatoms. The molecule has 2 aromatic heterocycles. The van der Waals surface area contributed by atoms with Crippen LogP contribution in [-0.2, 0) is 6.18 Å². The second-order valence-corrected chi connectivity index (χ2v) is 4.38. The average Bonchev–Trinajstić information content (AvgIpc) is 2.39. The quantitative estimate of drug-likeness (QED) is 0.624. The molecule has 0 saturated heterocycles. The SMILES string of the molecule is C=CC(c1ccnc(Cl)c1)c1c[c]cnc1C(F)(F)F. The highest BCUT2D eigenvalue weighted by atomic mass is 35.5. The molecule has 0 aliphatic carbocycles. The van der Waals surface area contributed by atoms with Gasteiger partial charge in [-0.25, -0.2) is 4.98 Å². The van der Waals surface area contributed by atoms with E-state index in [1.807, 2.05) is 0 Å². The summed E-state index contributed by atoms with van der Waals surface area (Å²) in [5.41, 5.74) is -0.404. The third kappa shape index (κ3) is 2.99. The van der Waals surface area contributed by atoms with E-state index in [0.717, 1.165) is 6.20 Å². The minimum Gasteiger partial charge on any atom is -0.251 e. The molecule has 0 aromatic carbocycles. The molecule has 0 saturated carbocycles. The molecule has 1 radical (unpaired) electrons. The second-order valence-electron chi connectivity index (χ2n) is 4.00. The van der Waals surface area contributed by atoms with Gasteiger partial charge in [-0.05, 0) is 29.3 Å². The summed E-state index contributed by atoms with van der Waals surface area (Å²) in [5.74, 6) is -0.683. The third-order valence-electron chi connectivity index (χ3n) is 2.73. The average molecular weight is 298 g/mol. The van der Waals surface area contributed by atoms with Crippen molar-refractivity contribution in [2.45, 2.75) is 12.1 Å². The van der Waals surface area contributed by atoms with Crippen molar-refractivity contribution in [2.75, 3.05) is 0 Å². The maximum absolute atomic E-state index is 13.0. The number of hydrogen-bond donors (Lipinski definition) is 0. The van der Waals surface area contributed by atoms with Crippen LogP contribution in [-0.4, -0.2) is 9.97 Å². The minimum absolute atomic E-state index is 0.0164. The van der Waals surface area contributed by atoms with E-state index in [9.17, 15) is 13.2 Å². The Kier molecular flexibility index (Phi) is 4.09. The van der Waals surface area contributed by atoms with Crippen molar-refractivity contribution in [3.8, 4) is 0 Å². The molecule has 0 bridgehead atoms. The van der Waals surface area contributed by atoms with Crippen molar-refractivity contribution >= 4 is 11.6 Å². The maximum Gasteiger partial charge on any atom is 0.433 e. The van der Waals surface area contributed by atoms with Crippen LogP contribution < -0.4 is 0 Å². The number of allylic oxidation sites excluding steroid dienone is 1. The van der Waals surface area contributed by atoms with Gasteiger partial charge in [-0.2, -0.15) is 13.2 Å². The normalized spacial score (nSPS) is 13.0. The predicted molar refractivity (Wildman–Crippen MR) is 69.4 cm³/mol. The smallest absolute Gasteiger partial charge is 0.251 e. The number of halogens is 4. The van der Waals surface area contributed by atoms with E-state index < -0.39 is 17.8 Å². The van der Waals surface area contributed by atoms with E-state index >= 15 is 0 Å². The van der Waals surface area contributed by atoms with Crippen molar-refractivity contribution in [3.63, 3.8) is 0 Å². The number of nitrogens with zero attached hydrogens (tertiary/aromatic N) is 2. The number of hydrogen-bond acceptors (Lipinski definition) is 2. The summed E-state index contributed by atoms with van der Waals surface area (Å²) < 4.78 is 39.0. The molecule has 2 nitrogen and oxygen atoms in total. The fourth-order valence-electron chi connectivity index (χ4n) is 1.90. The van der Waals surface area contributed by atoms with Crippen molar-refractivity contribution < 1.29 is 13.2 Å². The molecule has 1 unspecified atom stereocenters. The molecule has 1 atom stereocenters. The molecule has 0 spiro atoms. The summed E-state index contributed by atoms with van der Waals surface area (Å²) in [6.45, 7) is 3.59. The Hall–Kier alpha value is -1.88. The van der Waals surface area contributed by atoms with Gasteiger partial charge in [0.15, 0.2) is 0 Å². The fraction of sp³-hybridized carbons (Fsp3) is 0.143. The van der Waals surface area contributed by atoms with Gasteiger partial charge in [0.1, 0.15) is 10.8 Å².